The number of carbonyl (C=O) groups excluding carboxylic acids is 1. The minimum absolute atomic E-state index is 0.253. The molecule has 4 rings (SSSR count). The van der Waals surface area contributed by atoms with Crippen molar-refractivity contribution in [2.24, 2.45) is 0 Å². The van der Waals surface area contributed by atoms with Crippen LogP contribution in [0.4, 0.5) is 4.39 Å². The lowest BCUT2D eigenvalue weighted by Gasteiger charge is -2.20. The molecule has 0 aliphatic rings. The van der Waals surface area contributed by atoms with Gasteiger partial charge >= 0.3 is 0 Å². The Morgan fingerprint density at radius 1 is 1.03 bits per heavy atom. The summed E-state index contributed by atoms with van der Waals surface area (Å²) in [7, 11) is 0. The van der Waals surface area contributed by atoms with Crippen LogP contribution in [-0.4, -0.2) is 20.9 Å². The summed E-state index contributed by atoms with van der Waals surface area (Å²) in [6.07, 6.45) is 0.926. The van der Waals surface area contributed by atoms with Crippen LogP contribution in [0.25, 0.3) is 11.0 Å². The Morgan fingerprint density at radius 2 is 1.83 bits per heavy atom. The number of amides is 1. The van der Waals surface area contributed by atoms with Crippen LogP contribution in [0.2, 0.25) is 0 Å². The Morgan fingerprint density at radius 3 is 2.53 bits per heavy atom. The Balaban J connectivity index is 1.67. The van der Waals surface area contributed by atoms with Gasteiger partial charge in [0.2, 0.25) is 0 Å². The van der Waals surface area contributed by atoms with Gasteiger partial charge in [-0.1, -0.05) is 48.5 Å². The number of halogens is 1. The molecule has 0 fully saturated rings. The maximum absolute atomic E-state index is 13.9. The zero-order chi connectivity index (χ0) is 21.1. The molecule has 1 amide bonds. The van der Waals surface area contributed by atoms with Crippen LogP contribution in [0.15, 0.2) is 66.7 Å². The van der Waals surface area contributed by atoms with Crippen molar-refractivity contribution in [2.45, 2.75) is 32.9 Å². The van der Waals surface area contributed by atoms with Crippen molar-refractivity contribution in [1.29, 1.82) is 0 Å². The molecule has 1 aromatic heterocycles. The molecule has 0 saturated carbocycles. The number of nitrogens with one attached hydrogen (secondary N) is 1. The standard InChI is InChI=1S/C24H23FN4O/c1-3-16-8-10-17(11-9-16)23(18-6-5-7-20(25)14-18)26-24(30)19-12-13-22-21(15-19)27-28-29(22)4-2/h5-15,23H,3-4H2,1-2H3,(H,26,30)/t23-/m1/s1. The van der Waals surface area contributed by atoms with Gasteiger partial charge in [0.15, 0.2) is 0 Å². The van der Waals surface area contributed by atoms with E-state index in [2.05, 4.69) is 22.6 Å². The number of rotatable bonds is 6. The molecule has 152 valence electrons. The summed E-state index contributed by atoms with van der Waals surface area (Å²) in [5.41, 5.74) is 4.81. The number of fused-ring (bicyclic) bond motifs is 1. The van der Waals surface area contributed by atoms with E-state index in [9.17, 15) is 9.18 Å². The lowest BCUT2D eigenvalue weighted by Crippen LogP contribution is -2.29. The van der Waals surface area contributed by atoms with E-state index in [0.717, 1.165) is 17.5 Å². The Hall–Kier alpha value is -3.54. The molecule has 0 saturated heterocycles. The predicted molar refractivity (Wildman–Crippen MR) is 115 cm³/mol. The molecule has 4 aromatic rings. The fourth-order valence-electron chi connectivity index (χ4n) is 3.55. The van der Waals surface area contributed by atoms with Crippen LogP contribution in [0.5, 0.6) is 0 Å². The van der Waals surface area contributed by atoms with Crippen molar-refractivity contribution in [3.8, 4) is 0 Å². The summed E-state index contributed by atoms with van der Waals surface area (Å²) in [4.78, 5) is 13.1. The first kappa shape index (κ1) is 19.8. The number of aromatic nitrogens is 3. The van der Waals surface area contributed by atoms with Gasteiger partial charge < -0.3 is 5.32 Å². The predicted octanol–water partition coefficient (Wildman–Crippen LogP) is 4.67. The molecule has 1 atom stereocenters. The second-order valence-corrected chi connectivity index (χ2v) is 7.17. The summed E-state index contributed by atoms with van der Waals surface area (Å²) < 4.78 is 15.7. The summed E-state index contributed by atoms with van der Waals surface area (Å²) in [6.45, 7) is 4.78. The van der Waals surface area contributed by atoms with Gasteiger partial charge in [-0.3, -0.25) is 4.79 Å². The van der Waals surface area contributed by atoms with Gasteiger partial charge in [-0.25, -0.2) is 9.07 Å². The highest BCUT2D eigenvalue weighted by Gasteiger charge is 2.19. The van der Waals surface area contributed by atoms with E-state index < -0.39 is 6.04 Å². The van der Waals surface area contributed by atoms with Crippen LogP contribution in [0.1, 0.15) is 46.9 Å². The third-order valence-corrected chi connectivity index (χ3v) is 5.25. The maximum Gasteiger partial charge on any atom is 0.252 e. The zero-order valence-electron chi connectivity index (χ0n) is 17.0. The second-order valence-electron chi connectivity index (χ2n) is 7.17. The first-order valence-corrected chi connectivity index (χ1v) is 10.1. The van der Waals surface area contributed by atoms with E-state index in [0.29, 0.717) is 23.2 Å². The Kier molecular flexibility index (Phi) is 5.57. The van der Waals surface area contributed by atoms with Gasteiger partial charge in [0.05, 0.1) is 11.6 Å². The average Bonchev–Trinajstić information content (AvgIpc) is 3.20. The van der Waals surface area contributed by atoms with Crippen LogP contribution < -0.4 is 5.32 Å². The van der Waals surface area contributed by atoms with Crippen molar-refractivity contribution in [3.05, 3.63) is 94.8 Å². The molecule has 0 aliphatic carbocycles. The number of hydrogen-bond acceptors (Lipinski definition) is 3. The summed E-state index contributed by atoms with van der Waals surface area (Å²) in [5.74, 6) is -0.591. The summed E-state index contributed by atoms with van der Waals surface area (Å²) >= 11 is 0. The van der Waals surface area contributed by atoms with Crippen molar-refractivity contribution in [3.63, 3.8) is 0 Å². The van der Waals surface area contributed by atoms with E-state index in [4.69, 9.17) is 0 Å². The highest BCUT2D eigenvalue weighted by molar-refractivity contribution is 5.97. The quantitative estimate of drug-likeness (QED) is 0.510. The smallest absolute Gasteiger partial charge is 0.252 e. The molecular weight excluding hydrogens is 379 g/mol. The van der Waals surface area contributed by atoms with Crippen molar-refractivity contribution >= 4 is 16.9 Å². The fourth-order valence-corrected chi connectivity index (χ4v) is 3.55. The van der Waals surface area contributed by atoms with Crippen LogP contribution in [-0.2, 0) is 13.0 Å². The molecule has 1 heterocycles. The molecule has 1 N–H and O–H groups in total. The minimum atomic E-state index is -0.471. The van der Waals surface area contributed by atoms with Gasteiger partial charge in [-0.15, -0.1) is 5.10 Å². The van der Waals surface area contributed by atoms with Gasteiger partial charge in [-0.2, -0.15) is 0 Å². The van der Waals surface area contributed by atoms with Crippen molar-refractivity contribution in [1.82, 2.24) is 20.3 Å². The lowest BCUT2D eigenvalue weighted by molar-refractivity contribution is 0.0943. The number of aryl methyl sites for hydroxylation is 2. The third-order valence-electron chi connectivity index (χ3n) is 5.25. The molecule has 0 unspecified atom stereocenters. The first-order chi connectivity index (χ1) is 14.6. The van der Waals surface area contributed by atoms with E-state index >= 15 is 0 Å². The normalized spacial score (nSPS) is 12.1. The zero-order valence-corrected chi connectivity index (χ0v) is 17.0. The number of hydrogen-bond donors (Lipinski definition) is 1. The third kappa shape index (κ3) is 3.94. The SMILES string of the molecule is CCc1ccc([C@@H](NC(=O)c2ccc3c(c2)nnn3CC)c2cccc(F)c2)cc1. The fraction of sp³-hybridized carbons (Fsp3) is 0.208. The molecule has 5 nitrogen and oxygen atoms in total. The maximum atomic E-state index is 13.9. The van der Waals surface area contributed by atoms with Gasteiger partial charge in [0.1, 0.15) is 11.3 Å². The van der Waals surface area contributed by atoms with Gasteiger partial charge in [-0.05, 0) is 60.4 Å². The Bertz CT molecular complexity index is 1180. The van der Waals surface area contributed by atoms with Gasteiger partial charge in [0.25, 0.3) is 5.91 Å². The minimum Gasteiger partial charge on any atom is -0.341 e. The highest BCUT2D eigenvalue weighted by atomic mass is 19.1. The highest BCUT2D eigenvalue weighted by Crippen LogP contribution is 2.24. The van der Waals surface area contributed by atoms with Crippen LogP contribution in [0.3, 0.4) is 0 Å². The number of benzene rings is 3. The number of nitrogens with zero attached hydrogens (tertiary/aromatic N) is 3. The van der Waals surface area contributed by atoms with E-state index in [1.54, 1.807) is 22.9 Å². The topological polar surface area (TPSA) is 59.8 Å². The van der Waals surface area contributed by atoms with Crippen LogP contribution in [0, 0.1) is 5.82 Å². The lowest BCUT2D eigenvalue weighted by atomic mass is 9.96. The molecule has 30 heavy (non-hydrogen) atoms. The van der Waals surface area contributed by atoms with Gasteiger partial charge in [0, 0.05) is 12.1 Å². The molecule has 3 aromatic carbocycles. The largest absolute Gasteiger partial charge is 0.341 e. The molecule has 0 bridgehead atoms. The van der Waals surface area contributed by atoms with Crippen LogP contribution >= 0.6 is 0 Å². The van der Waals surface area contributed by atoms with E-state index in [-0.39, 0.29) is 11.7 Å². The molecular formula is C24H23FN4O. The molecule has 0 spiro atoms. The van der Waals surface area contributed by atoms with E-state index in [1.807, 2.05) is 43.3 Å². The second kappa shape index (κ2) is 8.45. The first-order valence-electron chi connectivity index (χ1n) is 10.1. The number of carbonyl (C=O) groups is 1. The summed E-state index contributed by atoms with van der Waals surface area (Å²) in [6, 6.07) is 19.2. The molecule has 6 heteroatoms. The molecule has 0 radical (unpaired) electrons. The molecule has 0 aliphatic heterocycles. The van der Waals surface area contributed by atoms with Crippen molar-refractivity contribution in [2.75, 3.05) is 0 Å². The summed E-state index contributed by atoms with van der Waals surface area (Å²) in [5, 5.41) is 11.3. The average molecular weight is 402 g/mol. The van der Waals surface area contributed by atoms with E-state index in [1.165, 1.54) is 17.7 Å². The monoisotopic (exact) mass is 402 g/mol. The Labute approximate surface area is 174 Å². The van der Waals surface area contributed by atoms with Crippen molar-refractivity contribution < 1.29 is 9.18 Å².